The highest BCUT2D eigenvalue weighted by Gasteiger charge is 2.37. The van der Waals surface area contributed by atoms with E-state index < -0.39 is 5.82 Å². The summed E-state index contributed by atoms with van der Waals surface area (Å²) in [5.41, 5.74) is 4.99. The molecule has 2 aliphatic rings. The number of aryl methyl sites for hydroxylation is 1. The van der Waals surface area contributed by atoms with Crippen molar-refractivity contribution in [3.05, 3.63) is 69.4 Å². The minimum Gasteiger partial charge on any atom is -0.366 e. The van der Waals surface area contributed by atoms with Gasteiger partial charge in [0, 0.05) is 23.3 Å². The lowest BCUT2D eigenvalue weighted by atomic mass is 9.79. The van der Waals surface area contributed by atoms with Gasteiger partial charge < -0.3 is 4.90 Å². The van der Waals surface area contributed by atoms with Crippen molar-refractivity contribution in [2.24, 2.45) is 0 Å². The SMILES string of the molecule is CCCN1c2cc(C)c(/C=C3/SC(=O)N(Cc4ccccc4F)C3=O)cc2C(C)CC1(C)C. The second kappa shape index (κ2) is 8.98. The van der Waals surface area contributed by atoms with Gasteiger partial charge in [0.2, 0.25) is 0 Å². The number of thioether (sulfide) groups is 1. The zero-order chi connectivity index (χ0) is 23.9. The molecule has 33 heavy (non-hydrogen) atoms. The topological polar surface area (TPSA) is 40.6 Å². The first-order valence-electron chi connectivity index (χ1n) is 11.5. The fourth-order valence-corrected chi connectivity index (χ4v) is 5.86. The Balaban J connectivity index is 1.66. The van der Waals surface area contributed by atoms with E-state index in [0.717, 1.165) is 47.2 Å². The van der Waals surface area contributed by atoms with Gasteiger partial charge >= 0.3 is 0 Å². The molecular weight excluding hydrogens is 435 g/mol. The maximum atomic E-state index is 14.1. The molecule has 1 saturated heterocycles. The summed E-state index contributed by atoms with van der Waals surface area (Å²) in [6, 6.07) is 10.6. The van der Waals surface area contributed by atoms with Crippen molar-refractivity contribution in [3.63, 3.8) is 0 Å². The second-order valence-corrected chi connectivity index (χ2v) is 10.7. The molecule has 2 heterocycles. The summed E-state index contributed by atoms with van der Waals surface area (Å²) >= 11 is 0.923. The number of imide groups is 1. The Kier molecular flexibility index (Phi) is 6.41. The molecule has 0 aromatic heterocycles. The smallest absolute Gasteiger partial charge is 0.293 e. The van der Waals surface area contributed by atoms with E-state index in [4.69, 9.17) is 0 Å². The number of fused-ring (bicyclic) bond motifs is 1. The van der Waals surface area contributed by atoms with E-state index in [0.29, 0.717) is 16.4 Å². The van der Waals surface area contributed by atoms with Gasteiger partial charge in [-0.05, 0) is 92.3 Å². The number of amides is 2. The Morgan fingerprint density at radius 1 is 1.21 bits per heavy atom. The lowest BCUT2D eigenvalue weighted by Crippen LogP contribution is -2.48. The molecule has 0 radical (unpaired) electrons. The highest BCUT2D eigenvalue weighted by atomic mass is 32.2. The van der Waals surface area contributed by atoms with Gasteiger partial charge in [-0.15, -0.1) is 0 Å². The molecule has 2 amide bonds. The minimum absolute atomic E-state index is 0.0596. The normalized spacial score (nSPS) is 21.2. The first-order valence-corrected chi connectivity index (χ1v) is 12.3. The third kappa shape index (κ3) is 4.45. The van der Waals surface area contributed by atoms with Gasteiger partial charge in [0.25, 0.3) is 11.1 Å². The van der Waals surface area contributed by atoms with E-state index in [9.17, 15) is 14.0 Å². The van der Waals surface area contributed by atoms with Crippen LogP contribution in [0.25, 0.3) is 6.08 Å². The van der Waals surface area contributed by atoms with Crippen molar-refractivity contribution >= 4 is 34.7 Å². The van der Waals surface area contributed by atoms with Crippen LogP contribution in [0.2, 0.25) is 0 Å². The van der Waals surface area contributed by atoms with Gasteiger partial charge in [0.15, 0.2) is 0 Å². The number of anilines is 1. The van der Waals surface area contributed by atoms with Crippen molar-refractivity contribution < 1.29 is 14.0 Å². The highest BCUT2D eigenvalue weighted by molar-refractivity contribution is 8.18. The molecule has 1 unspecified atom stereocenters. The third-order valence-corrected chi connectivity index (χ3v) is 7.57. The van der Waals surface area contributed by atoms with Crippen LogP contribution >= 0.6 is 11.8 Å². The maximum Gasteiger partial charge on any atom is 0.293 e. The van der Waals surface area contributed by atoms with Crippen LogP contribution in [-0.4, -0.2) is 28.1 Å². The van der Waals surface area contributed by atoms with Crippen LogP contribution in [0.1, 0.15) is 68.7 Å². The predicted molar refractivity (Wildman–Crippen MR) is 134 cm³/mol. The van der Waals surface area contributed by atoms with Crippen LogP contribution in [0.15, 0.2) is 41.3 Å². The Hall–Kier alpha value is -2.60. The summed E-state index contributed by atoms with van der Waals surface area (Å²) < 4.78 is 14.1. The molecule has 0 aliphatic carbocycles. The third-order valence-electron chi connectivity index (χ3n) is 6.67. The lowest BCUT2D eigenvalue weighted by Gasteiger charge is -2.48. The van der Waals surface area contributed by atoms with Gasteiger partial charge in [-0.3, -0.25) is 14.5 Å². The van der Waals surface area contributed by atoms with Crippen LogP contribution in [0.3, 0.4) is 0 Å². The molecule has 2 aliphatic heterocycles. The van der Waals surface area contributed by atoms with E-state index in [1.807, 2.05) is 13.0 Å². The van der Waals surface area contributed by atoms with Crippen LogP contribution in [0.4, 0.5) is 14.9 Å². The van der Waals surface area contributed by atoms with Crippen LogP contribution in [0, 0.1) is 12.7 Å². The highest BCUT2D eigenvalue weighted by Crippen LogP contribution is 2.45. The molecule has 0 bridgehead atoms. The molecule has 4 rings (SSSR count). The summed E-state index contributed by atoms with van der Waals surface area (Å²) in [5.74, 6) is -0.390. The Morgan fingerprint density at radius 3 is 2.64 bits per heavy atom. The van der Waals surface area contributed by atoms with E-state index in [-0.39, 0.29) is 23.2 Å². The predicted octanol–water partition coefficient (Wildman–Crippen LogP) is 6.87. The van der Waals surface area contributed by atoms with Crippen LogP contribution < -0.4 is 4.90 Å². The first-order chi connectivity index (χ1) is 15.6. The van der Waals surface area contributed by atoms with E-state index >= 15 is 0 Å². The molecule has 0 N–H and O–H groups in total. The zero-order valence-electron chi connectivity index (χ0n) is 19.9. The van der Waals surface area contributed by atoms with Gasteiger partial charge in [-0.1, -0.05) is 32.0 Å². The number of benzene rings is 2. The Bertz CT molecular complexity index is 1140. The minimum atomic E-state index is -0.417. The van der Waals surface area contributed by atoms with E-state index in [1.165, 1.54) is 17.3 Å². The van der Waals surface area contributed by atoms with Crippen molar-refractivity contribution in [1.29, 1.82) is 0 Å². The van der Waals surface area contributed by atoms with E-state index in [1.54, 1.807) is 18.2 Å². The summed E-state index contributed by atoms with van der Waals surface area (Å²) in [6.45, 7) is 12.0. The first kappa shape index (κ1) is 23.6. The largest absolute Gasteiger partial charge is 0.366 e. The molecule has 2 aromatic carbocycles. The summed E-state index contributed by atoms with van der Waals surface area (Å²) in [5, 5.41) is -0.366. The standard InChI is InChI=1S/C27H31FN2O2S/c1-6-11-30-23-12-17(2)20(13-21(23)18(3)15-27(30,4)5)14-24-25(31)29(26(32)33-24)16-19-9-7-8-10-22(19)28/h7-10,12-14,18H,6,11,15-16H2,1-5H3/b24-14+. The number of hydrogen-bond acceptors (Lipinski definition) is 4. The van der Waals surface area contributed by atoms with Crippen molar-refractivity contribution in [2.75, 3.05) is 11.4 Å². The average molecular weight is 467 g/mol. The molecular formula is C27H31FN2O2S. The second-order valence-electron chi connectivity index (χ2n) is 9.70. The molecule has 2 aromatic rings. The number of carbonyl (C=O) groups is 2. The lowest BCUT2D eigenvalue weighted by molar-refractivity contribution is -0.123. The summed E-state index contributed by atoms with van der Waals surface area (Å²) in [4.78, 5) is 29.6. The van der Waals surface area contributed by atoms with Crippen LogP contribution in [0.5, 0.6) is 0 Å². The molecule has 174 valence electrons. The van der Waals surface area contributed by atoms with Gasteiger partial charge in [-0.2, -0.15) is 0 Å². The number of rotatable bonds is 5. The fourth-order valence-electron chi connectivity index (χ4n) is 5.03. The zero-order valence-corrected chi connectivity index (χ0v) is 20.8. The molecule has 4 nitrogen and oxygen atoms in total. The van der Waals surface area contributed by atoms with Gasteiger partial charge in [-0.25, -0.2) is 4.39 Å². The van der Waals surface area contributed by atoms with Gasteiger partial charge in [0.05, 0.1) is 11.4 Å². The maximum absolute atomic E-state index is 14.1. The van der Waals surface area contributed by atoms with Crippen molar-refractivity contribution in [3.8, 4) is 0 Å². The average Bonchev–Trinajstić information content (AvgIpc) is 3.00. The number of halogens is 1. The molecule has 6 heteroatoms. The Labute approximate surface area is 199 Å². The monoisotopic (exact) mass is 466 g/mol. The summed E-state index contributed by atoms with van der Waals surface area (Å²) in [6.07, 6.45) is 3.95. The molecule has 1 fully saturated rings. The molecule has 0 spiro atoms. The van der Waals surface area contributed by atoms with Crippen molar-refractivity contribution in [2.45, 2.75) is 65.5 Å². The van der Waals surface area contributed by atoms with Crippen molar-refractivity contribution in [1.82, 2.24) is 4.90 Å². The number of nitrogens with zero attached hydrogens (tertiary/aromatic N) is 2. The summed E-state index contributed by atoms with van der Waals surface area (Å²) in [7, 11) is 0. The van der Waals surface area contributed by atoms with E-state index in [2.05, 4.69) is 44.7 Å². The van der Waals surface area contributed by atoms with Crippen LogP contribution in [-0.2, 0) is 11.3 Å². The number of carbonyl (C=O) groups excluding carboxylic acids is 2. The Morgan fingerprint density at radius 2 is 1.94 bits per heavy atom. The fraction of sp³-hybridized carbons (Fsp3) is 0.407. The quantitative estimate of drug-likeness (QED) is 0.451. The molecule has 1 atom stereocenters. The molecule has 0 saturated carbocycles. The van der Waals surface area contributed by atoms with Gasteiger partial charge in [0.1, 0.15) is 5.82 Å². The number of hydrogen-bond donors (Lipinski definition) is 0.